The minimum absolute atomic E-state index is 0.297. The van der Waals surface area contributed by atoms with E-state index in [0.29, 0.717) is 27.1 Å². The van der Waals surface area contributed by atoms with E-state index >= 15 is 0 Å². The fraction of sp³-hybridized carbons (Fsp3) is 0.111. The van der Waals surface area contributed by atoms with E-state index in [1.807, 2.05) is 26.0 Å². The van der Waals surface area contributed by atoms with Crippen LogP contribution in [0.15, 0.2) is 41.2 Å². The van der Waals surface area contributed by atoms with E-state index in [-0.39, 0.29) is 5.56 Å². The standard InChI is InChI=1S/C18H14ClNO3/c1-9-7-12-14(8-10(9)2)20-17(21)16(18(22)23)15(12)11-5-3-4-6-13(11)19/h3-8H,1-2H3,(H,20,21)(H,22,23). The van der Waals surface area contributed by atoms with Crippen molar-refractivity contribution in [1.82, 2.24) is 4.98 Å². The highest BCUT2D eigenvalue weighted by atomic mass is 35.5. The lowest BCUT2D eigenvalue weighted by molar-refractivity contribution is 0.0696. The summed E-state index contributed by atoms with van der Waals surface area (Å²) >= 11 is 6.25. The third-order valence-electron chi connectivity index (χ3n) is 3.99. The van der Waals surface area contributed by atoms with Crippen molar-refractivity contribution in [3.05, 3.63) is 68.5 Å². The Kier molecular flexibility index (Phi) is 3.70. The maximum absolute atomic E-state index is 12.3. The molecule has 5 heteroatoms. The molecule has 1 heterocycles. The van der Waals surface area contributed by atoms with Crippen LogP contribution in [0.3, 0.4) is 0 Å². The molecule has 0 spiro atoms. The topological polar surface area (TPSA) is 70.2 Å². The zero-order valence-corrected chi connectivity index (χ0v) is 13.4. The first kappa shape index (κ1) is 15.3. The second-order valence-electron chi connectivity index (χ2n) is 5.47. The summed E-state index contributed by atoms with van der Waals surface area (Å²) in [5.41, 5.74) is 2.57. The van der Waals surface area contributed by atoms with E-state index in [9.17, 15) is 14.7 Å². The smallest absolute Gasteiger partial charge is 0.342 e. The van der Waals surface area contributed by atoms with Crippen LogP contribution in [0.5, 0.6) is 0 Å². The van der Waals surface area contributed by atoms with Gasteiger partial charge in [0.2, 0.25) is 0 Å². The van der Waals surface area contributed by atoms with Gasteiger partial charge in [-0.1, -0.05) is 29.8 Å². The third-order valence-corrected chi connectivity index (χ3v) is 4.32. The molecule has 0 aliphatic carbocycles. The number of hydrogen-bond donors (Lipinski definition) is 2. The summed E-state index contributed by atoms with van der Waals surface area (Å²) in [7, 11) is 0. The van der Waals surface area contributed by atoms with Crippen LogP contribution < -0.4 is 5.56 Å². The monoisotopic (exact) mass is 327 g/mol. The second-order valence-corrected chi connectivity index (χ2v) is 5.88. The zero-order valence-electron chi connectivity index (χ0n) is 12.6. The maximum atomic E-state index is 12.3. The van der Waals surface area contributed by atoms with Gasteiger partial charge in [-0.05, 0) is 43.2 Å². The lowest BCUT2D eigenvalue weighted by atomic mass is 9.94. The van der Waals surface area contributed by atoms with Crippen LogP contribution in [0.25, 0.3) is 22.0 Å². The van der Waals surface area contributed by atoms with E-state index in [1.54, 1.807) is 24.3 Å². The molecule has 0 saturated heterocycles. The van der Waals surface area contributed by atoms with Crippen molar-refractivity contribution in [3.63, 3.8) is 0 Å². The number of hydrogen-bond acceptors (Lipinski definition) is 2. The van der Waals surface area contributed by atoms with Crippen molar-refractivity contribution >= 4 is 28.5 Å². The largest absolute Gasteiger partial charge is 0.477 e. The molecular formula is C18H14ClNO3. The van der Waals surface area contributed by atoms with E-state index in [0.717, 1.165) is 11.1 Å². The molecule has 0 radical (unpaired) electrons. The number of halogens is 1. The number of rotatable bonds is 2. The molecule has 3 aromatic rings. The van der Waals surface area contributed by atoms with Gasteiger partial charge in [0, 0.05) is 27.1 Å². The Morgan fingerprint density at radius 1 is 1.13 bits per heavy atom. The van der Waals surface area contributed by atoms with Gasteiger partial charge < -0.3 is 10.1 Å². The molecule has 0 aliphatic rings. The number of aromatic nitrogens is 1. The molecule has 0 saturated carbocycles. The Morgan fingerprint density at radius 2 is 1.78 bits per heavy atom. The fourth-order valence-electron chi connectivity index (χ4n) is 2.71. The van der Waals surface area contributed by atoms with E-state index < -0.39 is 11.5 Å². The molecule has 0 atom stereocenters. The summed E-state index contributed by atoms with van der Waals surface area (Å²) in [6.07, 6.45) is 0. The summed E-state index contributed by atoms with van der Waals surface area (Å²) in [4.78, 5) is 26.6. The molecule has 4 nitrogen and oxygen atoms in total. The number of carboxylic acids is 1. The van der Waals surface area contributed by atoms with Crippen LogP contribution in [0.1, 0.15) is 21.5 Å². The summed E-state index contributed by atoms with van der Waals surface area (Å²) in [6, 6.07) is 10.6. The van der Waals surface area contributed by atoms with Crippen molar-refractivity contribution in [3.8, 4) is 11.1 Å². The van der Waals surface area contributed by atoms with Gasteiger partial charge in [-0.3, -0.25) is 4.79 Å². The van der Waals surface area contributed by atoms with Crippen LogP contribution in [0.4, 0.5) is 0 Å². The van der Waals surface area contributed by atoms with Gasteiger partial charge in [-0.2, -0.15) is 0 Å². The molecule has 1 aromatic heterocycles. The van der Waals surface area contributed by atoms with E-state index in [1.165, 1.54) is 0 Å². The first-order valence-electron chi connectivity index (χ1n) is 7.05. The molecule has 0 unspecified atom stereocenters. The highest BCUT2D eigenvalue weighted by Gasteiger charge is 2.21. The number of fused-ring (bicyclic) bond motifs is 1. The molecule has 0 bridgehead atoms. The number of aromatic amines is 1. The minimum atomic E-state index is -1.28. The summed E-state index contributed by atoms with van der Waals surface area (Å²) in [5, 5.41) is 10.6. The van der Waals surface area contributed by atoms with Gasteiger partial charge in [-0.25, -0.2) is 4.79 Å². The van der Waals surface area contributed by atoms with E-state index in [4.69, 9.17) is 11.6 Å². The Bertz CT molecular complexity index is 1010. The summed E-state index contributed by atoms with van der Waals surface area (Å²) in [5.74, 6) is -1.28. The Balaban J connectivity index is 2.58. The average Bonchev–Trinajstić information content (AvgIpc) is 2.48. The number of carboxylic acid groups (broad SMARTS) is 1. The van der Waals surface area contributed by atoms with Gasteiger partial charge in [-0.15, -0.1) is 0 Å². The van der Waals surface area contributed by atoms with Crippen LogP contribution in [0, 0.1) is 13.8 Å². The van der Waals surface area contributed by atoms with Crippen molar-refractivity contribution in [2.45, 2.75) is 13.8 Å². The lowest BCUT2D eigenvalue weighted by Gasteiger charge is -2.13. The fourth-order valence-corrected chi connectivity index (χ4v) is 2.94. The van der Waals surface area contributed by atoms with Crippen LogP contribution in [0.2, 0.25) is 5.02 Å². The SMILES string of the molecule is Cc1cc2[nH]c(=O)c(C(=O)O)c(-c3ccccc3Cl)c2cc1C. The molecule has 0 amide bonds. The number of carbonyl (C=O) groups is 1. The third kappa shape index (κ3) is 2.51. The quantitative estimate of drug-likeness (QED) is 0.742. The minimum Gasteiger partial charge on any atom is -0.477 e. The summed E-state index contributed by atoms with van der Waals surface area (Å²) in [6.45, 7) is 3.88. The number of aryl methyl sites for hydroxylation is 2. The first-order valence-corrected chi connectivity index (χ1v) is 7.43. The predicted octanol–water partition coefficient (Wildman–Crippen LogP) is 4.16. The molecule has 3 rings (SSSR count). The van der Waals surface area contributed by atoms with Gasteiger partial charge in [0.1, 0.15) is 5.56 Å². The van der Waals surface area contributed by atoms with Crippen molar-refractivity contribution in [2.24, 2.45) is 0 Å². The van der Waals surface area contributed by atoms with Crippen LogP contribution in [-0.2, 0) is 0 Å². The highest BCUT2D eigenvalue weighted by molar-refractivity contribution is 6.34. The molecule has 116 valence electrons. The number of H-pyrrole nitrogens is 1. The normalized spacial score (nSPS) is 10.9. The van der Waals surface area contributed by atoms with Gasteiger partial charge in [0.05, 0.1) is 0 Å². The van der Waals surface area contributed by atoms with Gasteiger partial charge in [0.15, 0.2) is 0 Å². The molecule has 2 N–H and O–H groups in total. The maximum Gasteiger partial charge on any atom is 0.342 e. The van der Waals surface area contributed by atoms with Gasteiger partial charge in [0.25, 0.3) is 5.56 Å². The van der Waals surface area contributed by atoms with Crippen molar-refractivity contribution in [1.29, 1.82) is 0 Å². The Hall–Kier alpha value is -2.59. The lowest BCUT2D eigenvalue weighted by Crippen LogP contribution is -2.19. The number of aromatic carboxylic acids is 1. The van der Waals surface area contributed by atoms with Crippen LogP contribution in [-0.4, -0.2) is 16.1 Å². The number of nitrogens with one attached hydrogen (secondary N) is 1. The summed E-state index contributed by atoms with van der Waals surface area (Å²) < 4.78 is 0. The Morgan fingerprint density at radius 3 is 2.43 bits per heavy atom. The van der Waals surface area contributed by atoms with Crippen LogP contribution >= 0.6 is 11.6 Å². The van der Waals surface area contributed by atoms with Crippen molar-refractivity contribution in [2.75, 3.05) is 0 Å². The number of pyridine rings is 1. The second kappa shape index (κ2) is 5.56. The predicted molar refractivity (Wildman–Crippen MR) is 91.4 cm³/mol. The first-order chi connectivity index (χ1) is 10.9. The van der Waals surface area contributed by atoms with Crippen molar-refractivity contribution < 1.29 is 9.90 Å². The number of benzene rings is 2. The molecular weight excluding hydrogens is 314 g/mol. The highest BCUT2D eigenvalue weighted by Crippen LogP contribution is 2.35. The zero-order chi connectivity index (χ0) is 16.7. The van der Waals surface area contributed by atoms with E-state index in [2.05, 4.69) is 4.98 Å². The molecule has 23 heavy (non-hydrogen) atoms. The molecule has 0 fully saturated rings. The van der Waals surface area contributed by atoms with Gasteiger partial charge >= 0.3 is 5.97 Å². The molecule has 2 aromatic carbocycles. The average molecular weight is 328 g/mol. The molecule has 0 aliphatic heterocycles. The Labute approximate surface area is 137 Å².